The number of halogens is 4. The van der Waals surface area contributed by atoms with Crippen LogP contribution in [0.4, 0.5) is 24.5 Å². The van der Waals surface area contributed by atoms with E-state index in [0.29, 0.717) is 23.4 Å². The molecule has 1 atom stereocenters. The average molecular weight is 568 g/mol. The molecule has 0 aliphatic rings. The van der Waals surface area contributed by atoms with Gasteiger partial charge < -0.3 is 10.2 Å². The molecule has 0 fully saturated rings. The molecule has 1 amide bonds. The van der Waals surface area contributed by atoms with Crippen LogP contribution in [-0.2, 0) is 21.0 Å². The monoisotopic (exact) mass is 567 g/mol. The van der Waals surface area contributed by atoms with Crippen molar-refractivity contribution in [3.05, 3.63) is 88.9 Å². The number of hydrogen-bond donors (Lipinski definition) is 1. The van der Waals surface area contributed by atoms with Gasteiger partial charge in [0.05, 0.1) is 17.1 Å². The van der Waals surface area contributed by atoms with E-state index < -0.39 is 45.2 Å². The van der Waals surface area contributed by atoms with E-state index >= 15 is 0 Å². The van der Waals surface area contributed by atoms with Crippen molar-refractivity contribution in [1.29, 1.82) is 0 Å². The Morgan fingerprint density at radius 3 is 2.13 bits per heavy atom. The van der Waals surface area contributed by atoms with Gasteiger partial charge >= 0.3 is 6.18 Å². The fraction of sp³-hybridized carbons (Fsp3) is 0.296. The van der Waals surface area contributed by atoms with Gasteiger partial charge in [0, 0.05) is 30.5 Å². The van der Waals surface area contributed by atoms with Crippen LogP contribution in [-0.4, -0.2) is 38.3 Å². The van der Waals surface area contributed by atoms with Gasteiger partial charge in [-0.1, -0.05) is 41.9 Å². The maximum absolute atomic E-state index is 13.7. The van der Waals surface area contributed by atoms with Crippen molar-refractivity contribution in [3.8, 4) is 0 Å². The number of sulfonamides is 1. The lowest BCUT2D eigenvalue weighted by atomic mass is 10.1. The molecule has 0 saturated heterocycles. The van der Waals surface area contributed by atoms with Crippen molar-refractivity contribution in [2.24, 2.45) is 0 Å². The summed E-state index contributed by atoms with van der Waals surface area (Å²) < 4.78 is 68.4. The zero-order valence-corrected chi connectivity index (χ0v) is 22.7. The zero-order chi connectivity index (χ0) is 28.1. The lowest BCUT2D eigenvalue weighted by molar-refractivity contribution is -0.137. The maximum Gasteiger partial charge on any atom is 0.416 e. The Morgan fingerprint density at radius 1 is 0.974 bits per heavy atom. The van der Waals surface area contributed by atoms with E-state index in [4.69, 9.17) is 11.6 Å². The van der Waals surface area contributed by atoms with Crippen molar-refractivity contribution in [1.82, 2.24) is 4.31 Å². The number of nitrogens with zero attached hydrogens (tertiary/aromatic N) is 2. The highest BCUT2D eigenvalue weighted by Gasteiger charge is 2.37. The van der Waals surface area contributed by atoms with Gasteiger partial charge in [0.1, 0.15) is 4.90 Å². The van der Waals surface area contributed by atoms with Crippen LogP contribution < -0.4 is 10.2 Å². The molecule has 0 heterocycles. The summed E-state index contributed by atoms with van der Waals surface area (Å²) in [6.07, 6.45) is -4.78. The summed E-state index contributed by atoms with van der Waals surface area (Å²) >= 11 is 6.08. The fourth-order valence-corrected chi connectivity index (χ4v) is 6.10. The third kappa shape index (κ3) is 6.86. The van der Waals surface area contributed by atoms with Crippen LogP contribution in [0.1, 0.15) is 37.9 Å². The van der Waals surface area contributed by atoms with E-state index in [1.807, 2.05) is 26.0 Å². The Bertz CT molecular complexity index is 1350. The molecule has 0 aliphatic heterocycles. The lowest BCUT2D eigenvalue weighted by Crippen LogP contribution is -2.40. The summed E-state index contributed by atoms with van der Waals surface area (Å²) in [7, 11) is -4.64. The largest absolute Gasteiger partial charge is 0.416 e. The van der Waals surface area contributed by atoms with Gasteiger partial charge in [-0.3, -0.25) is 4.79 Å². The summed E-state index contributed by atoms with van der Waals surface area (Å²) in [5, 5.41) is 2.30. The Hall–Kier alpha value is -3.08. The van der Waals surface area contributed by atoms with E-state index in [1.54, 1.807) is 49.4 Å². The summed E-state index contributed by atoms with van der Waals surface area (Å²) in [6, 6.07) is 16.8. The van der Waals surface area contributed by atoms with Gasteiger partial charge in [-0.15, -0.1) is 0 Å². The summed E-state index contributed by atoms with van der Waals surface area (Å²) in [5.74, 6) is -0.657. The minimum Gasteiger partial charge on any atom is -0.372 e. The summed E-state index contributed by atoms with van der Waals surface area (Å²) in [6.45, 7) is 6.58. The topological polar surface area (TPSA) is 69.7 Å². The van der Waals surface area contributed by atoms with Crippen molar-refractivity contribution in [3.63, 3.8) is 0 Å². The fourth-order valence-electron chi connectivity index (χ4n) is 4.02. The first kappa shape index (κ1) is 29.5. The molecule has 0 radical (unpaired) electrons. The van der Waals surface area contributed by atoms with Crippen LogP contribution in [0.3, 0.4) is 0 Å². The molecule has 1 N–H and O–H groups in total. The SMILES string of the molecule is CCN(CC)c1ccc(NC(=O)CN(C(C)c2ccccc2)S(=O)(=O)c2cc(C(F)(F)F)ccc2Cl)cc1. The maximum atomic E-state index is 13.7. The molecule has 0 bridgehead atoms. The van der Waals surface area contributed by atoms with Gasteiger partial charge in [-0.25, -0.2) is 8.42 Å². The summed E-state index contributed by atoms with van der Waals surface area (Å²) in [4.78, 5) is 14.4. The molecule has 0 saturated carbocycles. The van der Waals surface area contributed by atoms with Crippen molar-refractivity contribution >= 4 is 38.9 Å². The molecule has 0 spiro atoms. The molecule has 0 aromatic heterocycles. The van der Waals surface area contributed by atoms with Gasteiger partial charge in [-0.05, 0) is 68.8 Å². The van der Waals surface area contributed by atoms with Crippen LogP contribution >= 0.6 is 11.6 Å². The molecule has 6 nitrogen and oxygen atoms in total. The number of carbonyl (C=O) groups is 1. The number of anilines is 2. The highest BCUT2D eigenvalue weighted by Crippen LogP contribution is 2.36. The molecule has 11 heteroatoms. The first-order valence-electron chi connectivity index (χ1n) is 12.0. The number of rotatable bonds is 10. The molecule has 204 valence electrons. The lowest BCUT2D eigenvalue weighted by Gasteiger charge is -2.29. The van der Waals surface area contributed by atoms with Gasteiger partial charge in [0.15, 0.2) is 0 Å². The van der Waals surface area contributed by atoms with Gasteiger partial charge in [-0.2, -0.15) is 17.5 Å². The van der Waals surface area contributed by atoms with E-state index in [1.165, 1.54) is 0 Å². The van der Waals surface area contributed by atoms with Crippen molar-refractivity contribution < 1.29 is 26.4 Å². The van der Waals surface area contributed by atoms with E-state index in [9.17, 15) is 26.4 Å². The third-order valence-corrected chi connectivity index (χ3v) is 8.54. The van der Waals surface area contributed by atoms with Crippen LogP contribution in [0.5, 0.6) is 0 Å². The van der Waals surface area contributed by atoms with Crippen LogP contribution in [0.25, 0.3) is 0 Å². The van der Waals surface area contributed by atoms with E-state index in [-0.39, 0.29) is 5.02 Å². The Kier molecular flexibility index (Phi) is 9.45. The second-order valence-electron chi connectivity index (χ2n) is 8.55. The second kappa shape index (κ2) is 12.2. The predicted molar refractivity (Wildman–Crippen MR) is 144 cm³/mol. The second-order valence-corrected chi connectivity index (χ2v) is 10.8. The average Bonchev–Trinajstić information content (AvgIpc) is 2.88. The Balaban J connectivity index is 1.95. The predicted octanol–water partition coefficient (Wildman–Crippen LogP) is 6.60. The summed E-state index contributed by atoms with van der Waals surface area (Å²) in [5.41, 5.74) is 0.808. The Morgan fingerprint density at radius 2 is 1.58 bits per heavy atom. The van der Waals surface area contributed by atoms with Gasteiger partial charge in [0.25, 0.3) is 0 Å². The molecule has 3 rings (SSSR count). The number of alkyl halides is 3. The molecular formula is C27H29ClF3N3O3S. The number of carbonyl (C=O) groups excluding carboxylic acids is 1. The molecular weight excluding hydrogens is 539 g/mol. The van der Waals surface area contributed by atoms with Crippen molar-refractivity contribution in [2.75, 3.05) is 29.9 Å². The number of amides is 1. The highest BCUT2D eigenvalue weighted by atomic mass is 35.5. The minimum absolute atomic E-state index is 0.379. The molecule has 3 aromatic rings. The van der Waals surface area contributed by atoms with Crippen LogP contribution in [0, 0.1) is 0 Å². The molecule has 3 aromatic carbocycles. The van der Waals surface area contributed by atoms with Gasteiger partial charge in [0.2, 0.25) is 15.9 Å². The standard InChI is InChI=1S/C27H29ClF3N3O3S/c1-4-33(5-2)23-14-12-22(13-15-23)32-26(35)18-34(19(3)20-9-7-6-8-10-20)38(36,37)25-17-21(27(29,30)31)11-16-24(25)28/h6-17,19H,4-5,18H2,1-3H3,(H,32,35). The van der Waals surface area contributed by atoms with E-state index in [0.717, 1.165) is 29.1 Å². The third-order valence-electron chi connectivity index (χ3n) is 6.14. The highest BCUT2D eigenvalue weighted by molar-refractivity contribution is 7.89. The molecule has 1 unspecified atom stereocenters. The smallest absolute Gasteiger partial charge is 0.372 e. The normalized spacial score (nSPS) is 12.8. The number of hydrogen-bond acceptors (Lipinski definition) is 4. The van der Waals surface area contributed by atoms with Crippen LogP contribution in [0.2, 0.25) is 5.02 Å². The number of nitrogens with one attached hydrogen (secondary N) is 1. The Labute approximate surface area is 226 Å². The first-order valence-corrected chi connectivity index (χ1v) is 13.8. The van der Waals surface area contributed by atoms with Crippen LogP contribution in [0.15, 0.2) is 77.7 Å². The first-order chi connectivity index (χ1) is 17.9. The van der Waals surface area contributed by atoms with Crippen molar-refractivity contribution in [2.45, 2.75) is 37.9 Å². The molecule has 38 heavy (non-hydrogen) atoms. The zero-order valence-electron chi connectivity index (χ0n) is 21.2. The molecule has 0 aliphatic carbocycles. The quantitative estimate of drug-likeness (QED) is 0.300. The minimum atomic E-state index is -4.78. The van der Waals surface area contributed by atoms with E-state index in [2.05, 4.69) is 10.2 Å². The number of benzene rings is 3.